The van der Waals surface area contributed by atoms with E-state index in [1.54, 1.807) is 0 Å². The highest BCUT2D eigenvalue weighted by molar-refractivity contribution is 5.39. The lowest BCUT2D eigenvalue weighted by Crippen LogP contribution is -2.28. The smallest absolute Gasteiger partial charge is 0.0585 e. The van der Waals surface area contributed by atoms with Crippen molar-refractivity contribution in [2.75, 3.05) is 0 Å². The van der Waals surface area contributed by atoms with E-state index in [-0.39, 0.29) is 23.0 Å². The zero-order chi connectivity index (χ0) is 32.4. The standard InChI is InChI=1S/C41H60O2/c1-29(14-12-15-30(2)20-22-38-34(6)25-36(42)27-40(38,8)9)18-19-33(5)24-32(4)17-13-16-31(3)21-23-39-35(7)26-37(43)28-41(39,10)11/h12-18,20-24,33,36-37,42-43H,19,25-28H2,1-11H3/b14-12+,17-13+,22-20+,23-21+,29-18+,30-15+,31-16+,32-24+/t33?,36-,37-/m1/s1. The van der Waals surface area contributed by atoms with Crippen molar-refractivity contribution in [2.24, 2.45) is 16.7 Å². The molecule has 0 bridgehead atoms. The summed E-state index contributed by atoms with van der Waals surface area (Å²) in [7, 11) is 0. The Morgan fingerprint density at radius 3 is 1.53 bits per heavy atom. The largest absolute Gasteiger partial charge is 0.393 e. The van der Waals surface area contributed by atoms with Crippen LogP contribution in [0.4, 0.5) is 0 Å². The van der Waals surface area contributed by atoms with Gasteiger partial charge in [-0.3, -0.25) is 0 Å². The Kier molecular flexibility index (Phi) is 13.9. The molecule has 2 aliphatic carbocycles. The number of aliphatic hydroxyl groups is 2. The Hall–Kier alpha value is -2.68. The van der Waals surface area contributed by atoms with Crippen molar-refractivity contribution >= 4 is 0 Å². The molecule has 2 aliphatic rings. The van der Waals surface area contributed by atoms with Gasteiger partial charge in [-0.1, -0.05) is 141 Å². The first-order valence-electron chi connectivity index (χ1n) is 16.2. The van der Waals surface area contributed by atoms with Crippen molar-refractivity contribution in [1.82, 2.24) is 0 Å². The second-order valence-electron chi connectivity index (χ2n) is 14.6. The van der Waals surface area contributed by atoms with Crippen LogP contribution in [-0.2, 0) is 0 Å². The molecule has 0 aliphatic heterocycles. The summed E-state index contributed by atoms with van der Waals surface area (Å²) in [6.45, 7) is 24.1. The molecule has 2 N–H and O–H groups in total. The third-order valence-electron chi connectivity index (χ3n) is 8.77. The summed E-state index contributed by atoms with van der Waals surface area (Å²) in [5, 5.41) is 20.3. The van der Waals surface area contributed by atoms with Crippen LogP contribution >= 0.6 is 0 Å². The summed E-state index contributed by atoms with van der Waals surface area (Å²) in [6, 6.07) is 0. The van der Waals surface area contributed by atoms with Crippen molar-refractivity contribution in [3.8, 4) is 0 Å². The third kappa shape index (κ3) is 12.5. The zero-order valence-electron chi connectivity index (χ0n) is 29.1. The molecular formula is C41H60O2. The monoisotopic (exact) mass is 584 g/mol. The normalized spacial score (nSPS) is 25.3. The van der Waals surface area contributed by atoms with E-state index in [1.807, 2.05) is 0 Å². The lowest BCUT2D eigenvalue weighted by atomic mass is 9.71. The van der Waals surface area contributed by atoms with Crippen LogP contribution in [0.3, 0.4) is 0 Å². The lowest BCUT2D eigenvalue weighted by molar-refractivity contribution is 0.116. The minimum absolute atomic E-state index is 0.00924. The highest BCUT2D eigenvalue weighted by atomic mass is 16.3. The quantitative estimate of drug-likeness (QED) is 0.237. The molecule has 1 unspecified atom stereocenters. The average molecular weight is 585 g/mol. The summed E-state index contributed by atoms with van der Waals surface area (Å²) >= 11 is 0. The molecule has 3 atom stereocenters. The summed E-state index contributed by atoms with van der Waals surface area (Å²) in [5.41, 5.74) is 10.3. The van der Waals surface area contributed by atoms with Crippen LogP contribution < -0.4 is 0 Å². The lowest BCUT2D eigenvalue weighted by Gasteiger charge is -2.35. The molecule has 0 spiro atoms. The molecular weight excluding hydrogens is 524 g/mol. The van der Waals surface area contributed by atoms with Crippen LogP contribution in [-0.4, -0.2) is 22.4 Å². The maximum atomic E-state index is 10.1. The van der Waals surface area contributed by atoms with Gasteiger partial charge in [0.1, 0.15) is 0 Å². The van der Waals surface area contributed by atoms with Crippen LogP contribution in [0, 0.1) is 16.7 Å². The average Bonchev–Trinajstić information content (AvgIpc) is 2.85. The summed E-state index contributed by atoms with van der Waals surface area (Å²) < 4.78 is 0. The Morgan fingerprint density at radius 2 is 1.12 bits per heavy atom. The van der Waals surface area contributed by atoms with Crippen LogP contribution in [0.15, 0.2) is 117 Å². The van der Waals surface area contributed by atoms with E-state index in [0.717, 1.165) is 32.1 Å². The molecule has 0 fully saturated rings. The predicted octanol–water partition coefficient (Wildman–Crippen LogP) is 11.0. The highest BCUT2D eigenvalue weighted by Gasteiger charge is 2.32. The van der Waals surface area contributed by atoms with Gasteiger partial charge in [0.25, 0.3) is 0 Å². The molecule has 0 amide bonds. The van der Waals surface area contributed by atoms with E-state index >= 15 is 0 Å². The molecule has 0 saturated heterocycles. The van der Waals surface area contributed by atoms with Crippen molar-refractivity contribution in [2.45, 2.75) is 120 Å². The van der Waals surface area contributed by atoms with Gasteiger partial charge in [0, 0.05) is 0 Å². The minimum atomic E-state index is -0.223. The molecule has 0 aromatic heterocycles. The molecule has 0 radical (unpaired) electrons. The molecule has 43 heavy (non-hydrogen) atoms. The Labute approximate surface area is 264 Å². The summed E-state index contributed by atoms with van der Waals surface area (Å²) in [6.07, 6.45) is 30.2. The van der Waals surface area contributed by atoms with Crippen LogP contribution in [0.5, 0.6) is 0 Å². The fourth-order valence-corrected chi connectivity index (χ4v) is 6.62. The molecule has 236 valence electrons. The number of hydrogen-bond donors (Lipinski definition) is 2. The molecule has 2 nitrogen and oxygen atoms in total. The summed E-state index contributed by atoms with van der Waals surface area (Å²) in [5.74, 6) is 0.464. The van der Waals surface area contributed by atoms with Crippen LogP contribution in [0.25, 0.3) is 0 Å². The topological polar surface area (TPSA) is 40.5 Å². The van der Waals surface area contributed by atoms with Crippen LogP contribution in [0.1, 0.15) is 108 Å². The molecule has 2 rings (SSSR count). The number of allylic oxidation sites excluding steroid dienone is 18. The highest BCUT2D eigenvalue weighted by Crippen LogP contribution is 2.42. The van der Waals surface area contributed by atoms with Gasteiger partial charge in [0.05, 0.1) is 12.2 Å². The molecule has 0 aromatic rings. The SMILES string of the molecule is CC1=C(/C=C/C(C)=C/C=C/C(C)=C/CC(C)/C=C(C)/C=C/C=C(C)/C=C/C2=C(C)C[C@@H](O)CC2(C)C)C(C)(C)C[C@H](O)C1. The van der Waals surface area contributed by atoms with E-state index < -0.39 is 0 Å². The molecule has 2 heteroatoms. The van der Waals surface area contributed by atoms with Gasteiger partial charge in [0.2, 0.25) is 0 Å². The maximum absolute atomic E-state index is 10.1. The first-order valence-corrected chi connectivity index (χ1v) is 16.2. The van der Waals surface area contributed by atoms with Crippen molar-refractivity contribution in [3.63, 3.8) is 0 Å². The number of hydrogen-bond acceptors (Lipinski definition) is 2. The van der Waals surface area contributed by atoms with Crippen molar-refractivity contribution in [3.05, 3.63) is 117 Å². The third-order valence-corrected chi connectivity index (χ3v) is 8.77. The van der Waals surface area contributed by atoms with E-state index in [2.05, 4.69) is 149 Å². The van der Waals surface area contributed by atoms with Gasteiger partial charge in [0.15, 0.2) is 0 Å². The number of aliphatic hydroxyl groups excluding tert-OH is 2. The van der Waals surface area contributed by atoms with E-state index in [0.29, 0.717) is 5.92 Å². The second-order valence-corrected chi connectivity index (χ2v) is 14.6. The zero-order valence-corrected chi connectivity index (χ0v) is 29.1. The maximum Gasteiger partial charge on any atom is 0.0585 e. The van der Waals surface area contributed by atoms with Gasteiger partial charge in [-0.15, -0.1) is 0 Å². The minimum Gasteiger partial charge on any atom is -0.393 e. The van der Waals surface area contributed by atoms with E-state index in [1.165, 1.54) is 44.6 Å². The van der Waals surface area contributed by atoms with Crippen molar-refractivity contribution < 1.29 is 10.2 Å². The Balaban J connectivity index is 1.90. The van der Waals surface area contributed by atoms with Gasteiger partial charge >= 0.3 is 0 Å². The summed E-state index contributed by atoms with van der Waals surface area (Å²) in [4.78, 5) is 0. The van der Waals surface area contributed by atoms with Crippen molar-refractivity contribution in [1.29, 1.82) is 0 Å². The van der Waals surface area contributed by atoms with E-state index in [9.17, 15) is 10.2 Å². The van der Waals surface area contributed by atoms with E-state index in [4.69, 9.17) is 0 Å². The van der Waals surface area contributed by atoms with Gasteiger partial charge in [-0.05, 0) is 102 Å². The Morgan fingerprint density at radius 1 is 0.698 bits per heavy atom. The first kappa shape index (κ1) is 36.5. The molecule has 0 saturated carbocycles. The van der Waals surface area contributed by atoms with Gasteiger partial charge < -0.3 is 10.2 Å². The molecule has 0 heterocycles. The molecule has 0 aromatic carbocycles. The predicted molar refractivity (Wildman–Crippen MR) is 189 cm³/mol. The van der Waals surface area contributed by atoms with Crippen LogP contribution in [0.2, 0.25) is 0 Å². The fraction of sp³-hybridized carbons (Fsp3) is 0.512. The van der Waals surface area contributed by atoms with Gasteiger partial charge in [-0.2, -0.15) is 0 Å². The fourth-order valence-electron chi connectivity index (χ4n) is 6.62. The Bertz CT molecular complexity index is 1280. The second kappa shape index (κ2) is 16.4. The number of rotatable bonds is 11. The van der Waals surface area contributed by atoms with Gasteiger partial charge in [-0.25, -0.2) is 0 Å². The first-order chi connectivity index (χ1) is 20.0.